The Morgan fingerprint density at radius 2 is 0.915 bits per heavy atom. The molecule has 0 aromatic heterocycles. The molecule has 8 bridgehead atoms. The average molecular weight is 633 g/mol. The molecule has 248 valence electrons. The number of hydrogen-bond donors (Lipinski definition) is 0. The third-order valence-electron chi connectivity index (χ3n) is 9.47. The van der Waals surface area contributed by atoms with E-state index in [0.717, 1.165) is 56.2 Å². The highest BCUT2D eigenvalue weighted by Crippen LogP contribution is 2.42. The summed E-state index contributed by atoms with van der Waals surface area (Å²) in [5.41, 5.74) is 11.0. The summed E-state index contributed by atoms with van der Waals surface area (Å²) in [6.07, 6.45) is 9.55. The lowest BCUT2D eigenvalue weighted by Crippen LogP contribution is -2.17. The van der Waals surface area contributed by atoms with Gasteiger partial charge < -0.3 is 14.2 Å². The molecule has 0 N–H and O–H groups in total. The van der Waals surface area contributed by atoms with E-state index in [9.17, 15) is 4.79 Å². The summed E-state index contributed by atoms with van der Waals surface area (Å²) in [7, 11) is 5.23. The van der Waals surface area contributed by atoms with Gasteiger partial charge in [0.1, 0.15) is 17.2 Å². The Labute approximate surface area is 282 Å². The van der Waals surface area contributed by atoms with Crippen molar-refractivity contribution < 1.29 is 19.0 Å². The highest BCUT2D eigenvalue weighted by atomic mass is 16.5. The molecule has 3 aromatic carbocycles. The summed E-state index contributed by atoms with van der Waals surface area (Å²) < 4.78 is 18.6. The van der Waals surface area contributed by atoms with Crippen LogP contribution in [0.2, 0.25) is 0 Å². The summed E-state index contributed by atoms with van der Waals surface area (Å²) in [5.74, 6) is 2.51. The Balaban J connectivity index is 1.90. The minimum absolute atomic E-state index is 0.0239. The molecule has 0 saturated heterocycles. The Morgan fingerprint density at radius 3 is 1.32 bits per heavy atom. The smallest absolute Gasteiger partial charge is 0.189 e. The van der Waals surface area contributed by atoms with Gasteiger partial charge in [0, 0.05) is 36.0 Å². The Bertz CT molecular complexity index is 1810. The molecule has 0 fully saturated rings. The molecule has 0 spiro atoms. The van der Waals surface area contributed by atoms with Crippen LogP contribution in [-0.2, 0) is 40.3 Å². The van der Waals surface area contributed by atoms with Gasteiger partial charge in [-0.05, 0) is 72.9 Å². The van der Waals surface area contributed by atoms with Crippen LogP contribution in [0, 0.1) is 0 Å². The van der Waals surface area contributed by atoms with E-state index in [2.05, 4.69) is 98.7 Å². The van der Waals surface area contributed by atoms with Gasteiger partial charge in [0.15, 0.2) is 5.78 Å². The number of ketones is 1. The first kappa shape index (κ1) is 34.3. The van der Waals surface area contributed by atoms with E-state index in [0.29, 0.717) is 24.8 Å². The van der Waals surface area contributed by atoms with Gasteiger partial charge in [0.2, 0.25) is 0 Å². The van der Waals surface area contributed by atoms with Crippen LogP contribution in [0.5, 0.6) is 17.2 Å². The second-order valence-electron chi connectivity index (χ2n) is 16.2. The van der Waals surface area contributed by atoms with Gasteiger partial charge in [-0.2, -0.15) is 0 Å². The van der Waals surface area contributed by atoms with Crippen LogP contribution < -0.4 is 14.2 Å². The minimum atomic E-state index is -0.112. The first-order valence-electron chi connectivity index (χ1n) is 16.7. The van der Waals surface area contributed by atoms with Crippen molar-refractivity contribution in [2.45, 2.75) is 97.8 Å². The highest BCUT2D eigenvalue weighted by molar-refractivity contribution is 6.14. The van der Waals surface area contributed by atoms with Crippen molar-refractivity contribution in [1.29, 1.82) is 0 Å². The predicted molar refractivity (Wildman–Crippen MR) is 195 cm³/mol. The number of benzene rings is 3. The fraction of sp³-hybridized carbons (Fsp3) is 0.419. The van der Waals surface area contributed by atoms with Crippen LogP contribution in [0.15, 0.2) is 65.8 Å². The number of rotatable bonds is 3. The van der Waals surface area contributed by atoms with Crippen molar-refractivity contribution in [3.05, 3.63) is 116 Å². The minimum Gasteiger partial charge on any atom is -0.496 e. The molecule has 0 atom stereocenters. The van der Waals surface area contributed by atoms with Gasteiger partial charge in [-0.1, -0.05) is 111 Å². The van der Waals surface area contributed by atoms with E-state index in [1.807, 2.05) is 24.3 Å². The van der Waals surface area contributed by atoms with Gasteiger partial charge in [-0.3, -0.25) is 4.79 Å². The lowest BCUT2D eigenvalue weighted by Gasteiger charge is -2.27. The molecular formula is C43H52O4. The van der Waals surface area contributed by atoms with Crippen LogP contribution in [0.25, 0.3) is 6.08 Å². The second kappa shape index (κ2) is 12.5. The molecule has 2 aliphatic carbocycles. The van der Waals surface area contributed by atoms with E-state index >= 15 is 0 Å². The van der Waals surface area contributed by atoms with Crippen LogP contribution in [0.1, 0.15) is 112 Å². The van der Waals surface area contributed by atoms with E-state index in [4.69, 9.17) is 14.2 Å². The Hall–Kier alpha value is -4.05. The number of carbonyl (C=O) groups is 1. The van der Waals surface area contributed by atoms with E-state index in [-0.39, 0.29) is 22.0 Å². The van der Waals surface area contributed by atoms with Crippen molar-refractivity contribution in [2.75, 3.05) is 21.3 Å². The van der Waals surface area contributed by atoms with Crippen LogP contribution >= 0.6 is 0 Å². The maximum absolute atomic E-state index is 14.1. The third kappa shape index (κ3) is 6.98. The second-order valence-corrected chi connectivity index (χ2v) is 16.2. The van der Waals surface area contributed by atoms with Crippen molar-refractivity contribution in [3.8, 4) is 17.2 Å². The fourth-order valence-corrected chi connectivity index (χ4v) is 6.70. The van der Waals surface area contributed by atoms with Gasteiger partial charge >= 0.3 is 0 Å². The SMILES string of the molecule is COc1c2cc(C(C)(C)C)cc1Cc1cc(C(C)(C)C)cc(c1OC)Cc1cc(C(C)(C)C)cc(c1OC)CC1=CC=CC(=C2)C1=O. The molecule has 0 saturated carbocycles. The maximum atomic E-state index is 14.1. The number of fused-ring (bicyclic) bond motifs is 8. The number of Topliss-reactive ketones (excluding diaryl/α,β-unsaturated/α-hetero) is 1. The molecule has 4 nitrogen and oxygen atoms in total. The Morgan fingerprint density at radius 1 is 0.532 bits per heavy atom. The summed E-state index contributed by atoms with van der Waals surface area (Å²) in [6.45, 7) is 20.1. The molecule has 0 radical (unpaired) electrons. The summed E-state index contributed by atoms with van der Waals surface area (Å²) in [4.78, 5) is 14.1. The average Bonchev–Trinajstić information content (AvgIpc) is 2.97. The van der Waals surface area contributed by atoms with Crippen molar-refractivity contribution in [3.63, 3.8) is 0 Å². The molecule has 3 aromatic rings. The normalized spacial score (nSPS) is 15.2. The molecule has 4 heteroatoms. The van der Waals surface area contributed by atoms with Gasteiger partial charge in [0.25, 0.3) is 0 Å². The third-order valence-corrected chi connectivity index (χ3v) is 9.47. The number of carbonyl (C=O) groups excluding carboxylic acids is 1. The van der Waals surface area contributed by atoms with E-state index < -0.39 is 0 Å². The zero-order chi connectivity index (χ0) is 34.5. The molecule has 0 unspecified atom stereocenters. The standard InChI is InChI=1S/C43H52O4/c1-41(2,3)34-20-28-16-26-14-13-15-27(37(26)44)17-29-21-35(42(4,5)6)23-31(39(29)46-11)19-33-25-36(43(7,8)9)24-32(40(33)47-12)18-30(22-34)38(28)45-10/h13-16,20-25H,17-19H2,1-12H3. The van der Waals surface area contributed by atoms with E-state index in [1.54, 1.807) is 21.3 Å². The molecule has 47 heavy (non-hydrogen) atoms. The number of ether oxygens (including phenoxy) is 3. The molecule has 0 aliphatic heterocycles. The van der Waals surface area contributed by atoms with Crippen LogP contribution in [0.4, 0.5) is 0 Å². The number of hydrogen-bond acceptors (Lipinski definition) is 4. The van der Waals surface area contributed by atoms with Crippen molar-refractivity contribution in [1.82, 2.24) is 0 Å². The Kier molecular flexibility index (Phi) is 9.14. The zero-order valence-corrected chi connectivity index (χ0v) is 30.5. The number of methoxy groups -OCH3 is 3. The largest absolute Gasteiger partial charge is 0.496 e. The number of allylic oxidation sites excluding steroid dienone is 5. The first-order valence-corrected chi connectivity index (χ1v) is 16.7. The predicted octanol–water partition coefficient (Wildman–Crippen LogP) is 9.79. The highest BCUT2D eigenvalue weighted by Gasteiger charge is 2.28. The maximum Gasteiger partial charge on any atom is 0.189 e. The molecule has 5 rings (SSSR count). The lowest BCUT2D eigenvalue weighted by atomic mass is 9.80. The summed E-state index contributed by atoms with van der Waals surface area (Å²) in [6, 6.07) is 13.5. The van der Waals surface area contributed by atoms with E-state index in [1.165, 1.54) is 16.7 Å². The van der Waals surface area contributed by atoms with Gasteiger partial charge in [0.05, 0.1) is 21.3 Å². The summed E-state index contributed by atoms with van der Waals surface area (Å²) in [5, 5.41) is 0. The quantitative estimate of drug-likeness (QED) is 0.288. The van der Waals surface area contributed by atoms with Crippen molar-refractivity contribution in [2.24, 2.45) is 0 Å². The lowest BCUT2D eigenvalue weighted by molar-refractivity contribution is -0.112. The van der Waals surface area contributed by atoms with Crippen molar-refractivity contribution >= 4 is 11.9 Å². The topological polar surface area (TPSA) is 44.8 Å². The molecule has 2 aliphatic rings. The van der Waals surface area contributed by atoms with Crippen LogP contribution in [0.3, 0.4) is 0 Å². The zero-order valence-electron chi connectivity index (χ0n) is 30.5. The van der Waals surface area contributed by atoms with Gasteiger partial charge in [-0.15, -0.1) is 0 Å². The monoisotopic (exact) mass is 632 g/mol. The molecule has 0 heterocycles. The van der Waals surface area contributed by atoms with Crippen LogP contribution in [-0.4, -0.2) is 27.1 Å². The fourth-order valence-electron chi connectivity index (χ4n) is 6.70. The molecule has 0 amide bonds. The summed E-state index contributed by atoms with van der Waals surface area (Å²) >= 11 is 0. The first-order chi connectivity index (χ1) is 21.9. The molecular weight excluding hydrogens is 580 g/mol. The van der Waals surface area contributed by atoms with Gasteiger partial charge in [-0.25, -0.2) is 0 Å².